The number of rotatable bonds is 4. The zero-order valence-corrected chi connectivity index (χ0v) is 22.0. The number of hydrogen-bond acceptors (Lipinski definition) is 3. The van der Waals surface area contributed by atoms with E-state index in [9.17, 15) is 9.59 Å². The predicted molar refractivity (Wildman–Crippen MR) is 150 cm³/mol. The highest BCUT2D eigenvalue weighted by Crippen LogP contribution is 2.31. The molecule has 0 radical (unpaired) electrons. The van der Waals surface area contributed by atoms with Crippen LogP contribution in [0.1, 0.15) is 16.7 Å². The quantitative estimate of drug-likeness (QED) is 0.172. The third-order valence-electron chi connectivity index (χ3n) is 6.04. The molecule has 5 nitrogen and oxygen atoms in total. The smallest absolute Gasteiger partial charge is 0.270 e. The Labute approximate surface area is 227 Å². The van der Waals surface area contributed by atoms with E-state index in [1.165, 1.54) is 4.90 Å². The van der Waals surface area contributed by atoms with Gasteiger partial charge in [0.2, 0.25) is 0 Å². The van der Waals surface area contributed by atoms with Gasteiger partial charge in [0, 0.05) is 34.2 Å². The Bertz CT molecular complexity index is 1610. The molecule has 0 aliphatic carbocycles. The molecule has 2 amide bonds. The van der Waals surface area contributed by atoms with Crippen LogP contribution in [0.25, 0.3) is 17.0 Å². The monoisotopic (exact) mass is 553 g/mol. The number of nitrogens with one attached hydrogen (secondary N) is 1. The van der Waals surface area contributed by atoms with Crippen LogP contribution in [0.5, 0.6) is 0 Å². The fraction of sp³-hybridized carbons (Fsp3) is 0.0741. The molecule has 9 heteroatoms. The van der Waals surface area contributed by atoms with Crippen molar-refractivity contribution in [1.82, 2.24) is 9.88 Å². The van der Waals surface area contributed by atoms with E-state index in [-0.39, 0.29) is 10.7 Å². The van der Waals surface area contributed by atoms with Crippen LogP contribution < -0.4 is 10.2 Å². The molecule has 3 aromatic carbocycles. The van der Waals surface area contributed by atoms with Crippen molar-refractivity contribution in [2.45, 2.75) is 13.5 Å². The van der Waals surface area contributed by atoms with Crippen molar-refractivity contribution >= 4 is 86.6 Å². The largest absolute Gasteiger partial charge is 0.342 e. The summed E-state index contributed by atoms with van der Waals surface area (Å²) >= 11 is 23.9. The van der Waals surface area contributed by atoms with Crippen LogP contribution in [0, 0.1) is 6.92 Å². The standard InChI is InChI=1S/C27H18Cl3N3O2S/c1-15-20(28)6-4-8-23(15)33-26(35)19(25(34)31-27(33)36)12-17-14-32(24-7-3-2-5-18(17)24)13-16-9-10-21(29)22(30)11-16/h2-12,14H,13H2,1H3,(H,31,34,36)/b19-12+. The van der Waals surface area contributed by atoms with Crippen LogP contribution in [0.15, 0.2) is 72.4 Å². The van der Waals surface area contributed by atoms with E-state index >= 15 is 0 Å². The normalized spacial score (nSPS) is 15.2. The fourth-order valence-electron chi connectivity index (χ4n) is 4.23. The molecule has 1 saturated heterocycles. The van der Waals surface area contributed by atoms with Crippen molar-refractivity contribution in [2.75, 3.05) is 4.90 Å². The zero-order chi connectivity index (χ0) is 25.6. The molecule has 1 aliphatic heterocycles. The van der Waals surface area contributed by atoms with Crippen LogP contribution in [-0.4, -0.2) is 21.5 Å². The molecule has 0 spiro atoms. The highest BCUT2D eigenvalue weighted by atomic mass is 35.5. The van der Waals surface area contributed by atoms with Crippen LogP contribution in [0.2, 0.25) is 15.1 Å². The first-order valence-electron chi connectivity index (χ1n) is 10.9. The number of aromatic nitrogens is 1. The summed E-state index contributed by atoms with van der Waals surface area (Å²) in [6, 6.07) is 18.5. The lowest BCUT2D eigenvalue weighted by molar-refractivity contribution is -0.122. The van der Waals surface area contributed by atoms with Crippen molar-refractivity contribution < 1.29 is 9.59 Å². The number of para-hydroxylation sites is 1. The lowest BCUT2D eigenvalue weighted by Gasteiger charge is -2.30. The Morgan fingerprint density at radius 1 is 0.944 bits per heavy atom. The molecule has 1 N–H and O–H groups in total. The second kappa shape index (κ2) is 9.71. The molecule has 36 heavy (non-hydrogen) atoms. The first-order valence-corrected chi connectivity index (χ1v) is 12.5. The maximum Gasteiger partial charge on any atom is 0.270 e. The number of benzene rings is 3. The van der Waals surface area contributed by atoms with Crippen LogP contribution in [-0.2, 0) is 16.1 Å². The molecule has 0 bridgehead atoms. The van der Waals surface area contributed by atoms with E-state index < -0.39 is 11.8 Å². The minimum absolute atomic E-state index is 0.00885. The minimum Gasteiger partial charge on any atom is -0.342 e. The topological polar surface area (TPSA) is 54.3 Å². The van der Waals surface area contributed by atoms with E-state index in [1.807, 2.05) is 47.2 Å². The van der Waals surface area contributed by atoms with Gasteiger partial charge in [-0.15, -0.1) is 0 Å². The number of halogens is 3. The molecular weight excluding hydrogens is 537 g/mol. The zero-order valence-electron chi connectivity index (χ0n) is 18.9. The molecule has 0 atom stereocenters. The summed E-state index contributed by atoms with van der Waals surface area (Å²) in [7, 11) is 0. The first-order chi connectivity index (χ1) is 17.2. The number of fused-ring (bicyclic) bond motifs is 1. The summed E-state index contributed by atoms with van der Waals surface area (Å²) in [5.41, 5.74) is 3.80. The average Bonchev–Trinajstić information content (AvgIpc) is 3.19. The Morgan fingerprint density at radius 3 is 2.50 bits per heavy atom. The van der Waals surface area contributed by atoms with Gasteiger partial charge in [-0.05, 0) is 66.7 Å². The molecule has 1 aliphatic rings. The Kier molecular flexibility index (Phi) is 6.62. The summed E-state index contributed by atoms with van der Waals surface area (Å²) in [6.45, 7) is 2.32. The van der Waals surface area contributed by atoms with Crippen molar-refractivity contribution in [3.63, 3.8) is 0 Å². The second-order valence-corrected chi connectivity index (χ2v) is 9.93. The summed E-state index contributed by atoms with van der Waals surface area (Å²) in [6.07, 6.45) is 3.50. The molecule has 1 aromatic heterocycles. The molecule has 0 saturated carbocycles. The maximum atomic E-state index is 13.6. The lowest BCUT2D eigenvalue weighted by Crippen LogP contribution is -2.54. The van der Waals surface area contributed by atoms with E-state index in [0.717, 1.165) is 22.0 Å². The lowest BCUT2D eigenvalue weighted by atomic mass is 10.1. The van der Waals surface area contributed by atoms with Gasteiger partial charge in [0.25, 0.3) is 11.8 Å². The highest BCUT2D eigenvalue weighted by Gasteiger charge is 2.35. The SMILES string of the molecule is Cc1c(Cl)cccc1N1C(=O)/C(=C/c2cn(Cc3ccc(Cl)c(Cl)c3)c3ccccc23)C(=O)NC1=S. The molecule has 5 rings (SSSR count). The summed E-state index contributed by atoms with van der Waals surface area (Å²) in [5, 5.41) is 5.00. The Balaban J connectivity index is 1.58. The van der Waals surface area contributed by atoms with Crippen molar-refractivity contribution in [2.24, 2.45) is 0 Å². The third-order valence-corrected chi connectivity index (χ3v) is 7.47. The van der Waals surface area contributed by atoms with E-state index in [2.05, 4.69) is 5.32 Å². The predicted octanol–water partition coefficient (Wildman–Crippen LogP) is 6.79. The average molecular weight is 555 g/mol. The van der Waals surface area contributed by atoms with Gasteiger partial charge in [0.15, 0.2) is 5.11 Å². The number of nitrogens with zero attached hydrogens (tertiary/aromatic N) is 2. The number of carbonyl (C=O) groups excluding carboxylic acids is 2. The van der Waals surface area contributed by atoms with Gasteiger partial charge in [0.05, 0.1) is 15.7 Å². The molecule has 1 fully saturated rings. The maximum absolute atomic E-state index is 13.6. The number of hydrogen-bond donors (Lipinski definition) is 1. The van der Waals surface area contributed by atoms with Gasteiger partial charge in [-0.3, -0.25) is 19.8 Å². The van der Waals surface area contributed by atoms with Gasteiger partial charge in [-0.1, -0.05) is 65.1 Å². The fourth-order valence-corrected chi connectivity index (χ4v) is 4.99. The molecular formula is C27H18Cl3N3O2S. The van der Waals surface area contributed by atoms with E-state index in [4.69, 9.17) is 47.0 Å². The summed E-state index contributed by atoms with van der Waals surface area (Å²) in [5.74, 6) is -1.07. The van der Waals surface area contributed by atoms with Crippen molar-refractivity contribution in [3.8, 4) is 0 Å². The van der Waals surface area contributed by atoms with Gasteiger partial charge in [0.1, 0.15) is 5.57 Å². The molecule has 0 unspecified atom stereocenters. The second-order valence-electron chi connectivity index (χ2n) is 8.32. The van der Waals surface area contributed by atoms with Crippen LogP contribution in [0.3, 0.4) is 0 Å². The number of carbonyl (C=O) groups is 2. The molecule has 180 valence electrons. The minimum atomic E-state index is -0.553. The number of thiocarbonyl (C=S) groups is 1. The van der Waals surface area contributed by atoms with Gasteiger partial charge in [-0.25, -0.2) is 0 Å². The molecule has 2 heterocycles. The van der Waals surface area contributed by atoms with Crippen LogP contribution >= 0.6 is 47.0 Å². The Hall–Kier alpha value is -3.16. The van der Waals surface area contributed by atoms with Crippen molar-refractivity contribution in [1.29, 1.82) is 0 Å². The van der Waals surface area contributed by atoms with Crippen molar-refractivity contribution in [3.05, 3.63) is 104 Å². The van der Waals surface area contributed by atoms with E-state index in [1.54, 1.807) is 37.3 Å². The van der Waals surface area contributed by atoms with Crippen LogP contribution in [0.4, 0.5) is 5.69 Å². The first kappa shape index (κ1) is 24.5. The molecule has 4 aromatic rings. The van der Waals surface area contributed by atoms with Gasteiger partial charge < -0.3 is 4.57 Å². The van der Waals surface area contributed by atoms with Gasteiger partial charge in [-0.2, -0.15) is 0 Å². The highest BCUT2D eigenvalue weighted by molar-refractivity contribution is 7.80. The third kappa shape index (κ3) is 4.42. The number of anilines is 1. The van der Waals surface area contributed by atoms with E-state index in [0.29, 0.717) is 32.9 Å². The number of amides is 2. The summed E-state index contributed by atoms with van der Waals surface area (Å²) < 4.78 is 2.04. The summed E-state index contributed by atoms with van der Waals surface area (Å²) in [4.78, 5) is 27.7. The Morgan fingerprint density at radius 2 is 1.72 bits per heavy atom. The van der Waals surface area contributed by atoms with Gasteiger partial charge >= 0.3 is 0 Å².